The van der Waals surface area contributed by atoms with E-state index in [2.05, 4.69) is 16.1 Å². The fraction of sp³-hybridized carbons (Fsp3) is 0.367. The summed E-state index contributed by atoms with van der Waals surface area (Å²) in [4.78, 5) is 13.9. The molecule has 218 valence electrons. The molecule has 0 bridgehead atoms. The predicted molar refractivity (Wildman–Crippen MR) is 163 cm³/mol. The molecule has 5 rings (SSSR count). The van der Waals surface area contributed by atoms with Crippen molar-refractivity contribution in [3.8, 4) is 0 Å². The van der Waals surface area contributed by atoms with E-state index in [1.54, 1.807) is 17.1 Å². The summed E-state index contributed by atoms with van der Waals surface area (Å²) >= 11 is 12.2. The van der Waals surface area contributed by atoms with Gasteiger partial charge in [-0.1, -0.05) is 77.8 Å². The van der Waals surface area contributed by atoms with E-state index in [0.717, 1.165) is 16.7 Å². The van der Waals surface area contributed by atoms with Crippen molar-refractivity contribution in [3.63, 3.8) is 0 Å². The summed E-state index contributed by atoms with van der Waals surface area (Å²) < 4.78 is 32.7. The van der Waals surface area contributed by atoms with Crippen molar-refractivity contribution in [2.24, 2.45) is 0 Å². The lowest BCUT2D eigenvalue weighted by Crippen LogP contribution is -2.61. The predicted octanol–water partition coefficient (Wildman–Crippen LogP) is 4.21. The first-order valence-electron chi connectivity index (χ1n) is 13.6. The van der Waals surface area contributed by atoms with Gasteiger partial charge in [0.05, 0.1) is 28.9 Å². The first-order valence-corrected chi connectivity index (χ1v) is 16.3. The fourth-order valence-corrected chi connectivity index (χ4v) is 7.96. The molecule has 0 aliphatic carbocycles. The summed E-state index contributed by atoms with van der Waals surface area (Å²) in [7, 11) is -3.61. The Hall–Kier alpha value is -2.66. The van der Waals surface area contributed by atoms with E-state index in [9.17, 15) is 13.2 Å². The van der Waals surface area contributed by atoms with Crippen molar-refractivity contribution >= 4 is 44.6 Å². The van der Waals surface area contributed by atoms with Crippen LogP contribution in [-0.2, 0) is 37.9 Å². The summed E-state index contributed by atoms with van der Waals surface area (Å²) in [5.74, 6) is -0.385. The molecule has 2 aliphatic rings. The quantitative estimate of drug-likeness (QED) is 0.314. The van der Waals surface area contributed by atoms with Gasteiger partial charge in [0.1, 0.15) is 6.04 Å². The average Bonchev–Trinajstić information content (AvgIpc) is 3.22. The standard InChI is InChI=1S/C30H34Cl2N4O4S/c1-41(38,39)29-30(13-15-33-16-14-30)23-9-5-6-10-27(23)36(29)35-28(37)26(34-18-21-7-3-2-4-8-21)20-40-19-22-11-12-24(31)25(32)17-22/h2-12,17,26,29,33-34H,13-16,18-20H2,1H3,(H,35,37). The third kappa shape index (κ3) is 6.56. The first kappa shape index (κ1) is 29.8. The van der Waals surface area contributed by atoms with E-state index in [4.69, 9.17) is 27.9 Å². The molecule has 0 aromatic heterocycles. The number of fused-ring (bicyclic) bond motifs is 2. The highest BCUT2D eigenvalue weighted by atomic mass is 35.5. The van der Waals surface area contributed by atoms with Gasteiger partial charge in [0.15, 0.2) is 15.2 Å². The smallest absolute Gasteiger partial charge is 0.258 e. The molecular formula is C30H34Cl2N4O4S. The summed E-state index contributed by atoms with van der Waals surface area (Å²) in [5, 5.41) is 8.16. The second kappa shape index (κ2) is 12.7. The molecule has 3 N–H and O–H groups in total. The SMILES string of the molecule is CS(=O)(=O)C1N(NC(=O)C(COCc2ccc(Cl)c(Cl)c2)NCc2ccccc2)c2ccccc2C12CCNCC2. The minimum atomic E-state index is -3.61. The molecule has 0 radical (unpaired) electrons. The lowest BCUT2D eigenvalue weighted by molar-refractivity contribution is -0.125. The molecule has 3 aromatic carbocycles. The molecule has 1 amide bonds. The Balaban J connectivity index is 1.39. The molecule has 1 spiro atoms. The number of nitrogens with one attached hydrogen (secondary N) is 3. The Bertz CT molecular complexity index is 1480. The Labute approximate surface area is 251 Å². The number of anilines is 1. The van der Waals surface area contributed by atoms with Crippen molar-refractivity contribution in [2.75, 3.05) is 31.0 Å². The van der Waals surface area contributed by atoms with Gasteiger partial charge in [0.25, 0.3) is 5.91 Å². The van der Waals surface area contributed by atoms with Gasteiger partial charge in [-0.2, -0.15) is 0 Å². The monoisotopic (exact) mass is 616 g/mol. The van der Waals surface area contributed by atoms with Crippen LogP contribution in [0.3, 0.4) is 0 Å². The van der Waals surface area contributed by atoms with E-state index in [1.807, 2.05) is 60.7 Å². The fourth-order valence-electron chi connectivity index (χ4n) is 5.91. The van der Waals surface area contributed by atoms with Crippen LogP contribution in [0.5, 0.6) is 0 Å². The number of halogens is 2. The number of sulfone groups is 1. The zero-order chi connectivity index (χ0) is 29.0. The number of para-hydroxylation sites is 1. The molecule has 8 nitrogen and oxygen atoms in total. The number of benzene rings is 3. The normalized spacial score (nSPS) is 18.7. The van der Waals surface area contributed by atoms with E-state index < -0.39 is 26.7 Å². The largest absolute Gasteiger partial charge is 0.375 e. The van der Waals surface area contributed by atoms with Crippen LogP contribution >= 0.6 is 23.2 Å². The molecule has 3 aromatic rings. The van der Waals surface area contributed by atoms with Crippen LogP contribution in [0.25, 0.3) is 0 Å². The van der Waals surface area contributed by atoms with Crippen LogP contribution in [0.4, 0.5) is 5.69 Å². The molecule has 1 saturated heterocycles. The topological polar surface area (TPSA) is 99.8 Å². The molecule has 1 fully saturated rings. The van der Waals surface area contributed by atoms with Gasteiger partial charge >= 0.3 is 0 Å². The summed E-state index contributed by atoms with van der Waals surface area (Å²) in [6.45, 7) is 2.10. The summed E-state index contributed by atoms with van der Waals surface area (Å²) in [6, 6.07) is 21.9. The van der Waals surface area contributed by atoms with Gasteiger partial charge in [0.2, 0.25) is 0 Å². The molecule has 11 heteroatoms. The first-order chi connectivity index (χ1) is 19.7. The molecule has 2 aliphatic heterocycles. The van der Waals surface area contributed by atoms with Gasteiger partial charge in [-0.3, -0.25) is 20.5 Å². The maximum absolute atomic E-state index is 13.9. The minimum absolute atomic E-state index is 0.0486. The molecule has 2 atom stereocenters. The number of rotatable bonds is 10. The number of carbonyl (C=O) groups excluding carboxylic acids is 1. The summed E-state index contributed by atoms with van der Waals surface area (Å²) in [6.07, 6.45) is 2.55. The van der Waals surface area contributed by atoms with Crippen LogP contribution in [0.2, 0.25) is 10.0 Å². The lowest BCUT2D eigenvalue weighted by atomic mass is 9.74. The zero-order valence-corrected chi connectivity index (χ0v) is 25.1. The number of piperidine rings is 1. The third-order valence-electron chi connectivity index (χ3n) is 7.79. The highest BCUT2D eigenvalue weighted by Crippen LogP contribution is 2.51. The van der Waals surface area contributed by atoms with Crippen LogP contribution in [0.15, 0.2) is 72.8 Å². The number of amides is 1. The van der Waals surface area contributed by atoms with Crippen LogP contribution in [0, 0.1) is 0 Å². The number of hydrazine groups is 1. The Morgan fingerprint density at radius 1 is 1.02 bits per heavy atom. The maximum Gasteiger partial charge on any atom is 0.258 e. The highest BCUT2D eigenvalue weighted by molar-refractivity contribution is 7.91. The van der Waals surface area contributed by atoms with E-state index in [-0.39, 0.29) is 19.1 Å². The van der Waals surface area contributed by atoms with E-state index in [0.29, 0.717) is 48.2 Å². The van der Waals surface area contributed by atoms with Crippen molar-refractivity contribution in [2.45, 2.75) is 42.8 Å². The average molecular weight is 618 g/mol. The second-order valence-corrected chi connectivity index (χ2v) is 13.6. The third-order valence-corrected chi connectivity index (χ3v) is 10.0. The number of ether oxygens (including phenoxy) is 1. The number of nitrogens with zero attached hydrogens (tertiary/aromatic N) is 1. The van der Waals surface area contributed by atoms with E-state index >= 15 is 0 Å². The maximum atomic E-state index is 13.9. The molecule has 2 heterocycles. The molecular weight excluding hydrogens is 583 g/mol. The van der Waals surface area contributed by atoms with Crippen molar-refractivity contribution in [1.82, 2.24) is 16.1 Å². The highest BCUT2D eigenvalue weighted by Gasteiger charge is 2.56. The van der Waals surface area contributed by atoms with Crippen LogP contribution in [-0.4, -0.2) is 51.7 Å². The lowest BCUT2D eigenvalue weighted by Gasteiger charge is -2.41. The molecule has 0 saturated carbocycles. The number of hydrogen-bond acceptors (Lipinski definition) is 7. The second-order valence-electron chi connectivity index (χ2n) is 10.6. The van der Waals surface area contributed by atoms with Gasteiger partial charge in [-0.05, 0) is 60.8 Å². The molecule has 41 heavy (non-hydrogen) atoms. The Morgan fingerprint density at radius 3 is 2.44 bits per heavy atom. The van der Waals surface area contributed by atoms with Crippen LogP contribution in [0.1, 0.15) is 29.5 Å². The van der Waals surface area contributed by atoms with Crippen molar-refractivity contribution in [3.05, 3.63) is 99.5 Å². The number of carbonyl (C=O) groups is 1. The zero-order valence-electron chi connectivity index (χ0n) is 22.8. The van der Waals surface area contributed by atoms with Gasteiger partial charge < -0.3 is 10.1 Å². The van der Waals surface area contributed by atoms with Crippen molar-refractivity contribution < 1.29 is 17.9 Å². The Morgan fingerprint density at radius 2 is 1.73 bits per heavy atom. The van der Waals surface area contributed by atoms with Gasteiger partial charge in [-0.15, -0.1) is 0 Å². The van der Waals surface area contributed by atoms with Crippen LogP contribution < -0.4 is 21.1 Å². The van der Waals surface area contributed by atoms with Crippen molar-refractivity contribution in [1.29, 1.82) is 0 Å². The minimum Gasteiger partial charge on any atom is -0.375 e. The molecule has 2 unspecified atom stereocenters. The number of hydrogen-bond donors (Lipinski definition) is 3. The van der Waals surface area contributed by atoms with Gasteiger partial charge in [0, 0.05) is 18.2 Å². The summed E-state index contributed by atoms with van der Waals surface area (Å²) in [5.41, 5.74) is 5.83. The Kier molecular flexibility index (Phi) is 9.23. The van der Waals surface area contributed by atoms with Gasteiger partial charge in [-0.25, -0.2) is 8.42 Å². The van der Waals surface area contributed by atoms with E-state index in [1.165, 1.54) is 6.26 Å².